The molecule has 0 aliphatic carbocycles. The third kappa shape index (κ3) is 4.11. The fourth-order valence-electron chi connectivity index (χ4n) is 2.75. The van der Waals surface area contributed by atoms with E-state index in [-0.39, 0.29) is 5.69 Å². The Morgan fingerprint density at radius 3 is 2.41 bits per heavy atom. The number of fused-ring (bicyclic) bond motifs is 1. The number of aryl methyl sites for hydroxylation is 1. The highest BCUT2D eigenvalue weighted by molar-refractivity contribution is 7.17. The fourth-order valence-corrected chi connectivity index (χ4v) is 3.84. The van der Waals surface area contributed by atoms with Crippen LogP contribution < -0.4 is 10.9 Å². The summed E-state index contributed by atoms with van der Waals surface area (Å²) in [4.78, 5) is 34.0. The molecule has 0 saturated carbocycles. The van der Waals surface area contributed by atoms with Gasteiger partial charge in [-0.3, -0.25) is 20.4 Å². The molecule has 2 N–H and O–H groups in total. The molecule has 4 aromatic rings. The Labute approximate surface area is 175 Å². The van der Waals surface area contributed by atoms with Crippen molar-refractivity contribution in [2.45, 2.75) is 6.92 Å². The summed E-state index contributed by atoms with van der Waals surface area (Å²) in [6.07, 6.45) is 0. The quantitative estimate of drug-likeness (QED) is 0.479. The summed E-state index contributed by atoms with van der Waals surface area (Å²) >= 11 is 7.16. The Hall–Kier alpha value is -3.29. The van der Waals surface area contributed by atoms with Crippen molar-refractivity contribution < 1.29 is 9.59 Å². The first-order chi connectivity index (χ1) is 14.0. The number of hydrogen-bond donors (Lipinski definition) is 2. The molecule has 2 amide bonds. The van der Waals surface area contributed by atoms with Crippen molar-refractivity contribution >= 4 is 45.7 Å². The Kier molecular flexibility index (Phi) is 5.24. The molecule has 4 rings (SSSR count). The number of carbonyl (C=O) groups is 2. The molecule has 0 unspecified atom stereocenters. The van der Waals surface area contributed by atoms with Gasteiger partial charge in [-0.25, -0.2) is 9.97 Å². The summed E-state index contributed by atoms with van der Waals surface area (Å²) in [5.74, 6) is -0.932. The number of rotatable bonds is 3. The van der Waals surface area contributed by atoms with Crippen LogP contribution in [0.15, 0.2) is 60.7 Å². The molecule has 0 saturated heterocycles. The van der Waals surface area contributed by atoms with Crippen molar-refractivity contribution in [3.8, 4) is 10.6 Å². The zero-order valence-corrected chi connectivity index (χ0v) is 16.8. The zero-order valence-electron chi connectivity index (χ0n) is 15.3. The summed E-state index contributed by atoms with van der Waals surface area (Å²) in [5, 5.41) is 2.26. The third-order valence-corrected chi connectivity index (χ3v) is 5.67. The highest BCUT2D eigenvalue weighted by Crippen LogP contribution is 2.28. The monoisotopic (exact) mass is 422 g/mol. The first-order valence-corrected chi connectivity index (χ1v) is 9.90. The van der Waals surface area contributed by atoms with Gasteiger partial charge in [-0.05, 0) is 31.2 Å². The topological polar surface area (TPSA) is 84.0 Å². The molecule has 144 valence electrons. The number of nitrogens with one attached hydrogen (secondary N) is 2. The Morgan fingerprint density at radius 2 is 1.62 bits per heavy atom. The molecule has 0 atom stereocenters. The predicted octanol–water partition coefficient (Wildman–Crippen LogP) is 4.39. The summed E-state index contributed by atoms with van der Waals surface area (Å²) in [5.41, 5.74) is 7.20. The molecule has 29 heavy (non-hydrogen) atoms. The van der Waals surface area contributed by atoms with Crippen LogP contribution in [0.5, 0.6) is 0 Å². The van der Waals surface area contributed by atoms with Gasteiger partial charge in [-0.1, -0.05) is 48.0 Å². The van der Waals surface area contributed by atoms with Gasteiger partial charge in [-0.15, -0.1) is 11.3 Å². The van der Waals surface area contributed by atoms with Gasteiger partial charge in [0, 0.05) is 16.0 Å². The molecule has 6 nitrogen and oxygen atoms in total. The minimum atomic E-state index is -0.496. The van der Waals surface area contributed by atoms with Crippen LogP contribution in [0.1, 0.15) is 25.9 Å². The second-order valence-corrected chi connectivity index (χ2v) is 7.67. The molecular weight excluding hydrogens is 408 g/mol. The largest absolute Gasteiger partial charge is 0.288 e. The van der Waals surface area contributed by atoms with Crippen LogP contribution in [0.4, 0.5) is 0 Å². The lowest BCUT2D eigenvalue weighted by molar-refractivity contribution is 0.0846. The maximum atomic E-state index is 12.5. The number of pyridine rings is 1. The maximum absolute atomic E-state index is 12.5. The molecular formula is C21H15ClN4O2S. The lowest BCUT2D eigenvalue weighted by Crippen LogP contribution is -2.41. The van der Waals surface area contributed by atoms with Crippen molar-refractivity contribution in [3.05, 3.63) is 82.0 Å². The van der Waals surface area contributed by atoms with Crippen LogP contribution in [0.3, 0.4) is 0 Å². The highest BCUT2D eigenvalue weighted by Gasteiger charge is 2.17. The zero-order chi connectivity index (χ0) is 20.4. The van der Waals surface area contributed by atoms with Crippen LogP contribution >= 0.6 is 22.9 Å². The summed E-state index contributed by atoms with van der Waals surface area (Å²) < 4.78 is 0. The van der Waals surface area contributed by atoms with Crippen LogP contribution in [0, 0.1) is 6.92 Å². The number of carbonyl (C=O) groups excluding carboxylic acids is 2. The number of hydrazine groups is 1. The molecule has 2 aromatic heterocycles. The van der Waals surface area contributed by atoms with E-state index in [9.17, 15) is 9.59 Å². The van der Waals surface area contributed by atoms with Crippen LogP contribution in [-0.4, -0.2) is 21.8 Å². The summed E-state index contributed by atoms with van der Waals surface area (Å²) in [6.45, 7) is 1.75. The third-order valence-electron chi connectivity index (χ3n) is 4.21. The number of nitrogens with zero attached hydrogens (tertiary/aromatic N) is 2. The normalized spacial score (nSPS) is 10.7. The van der Waals surface area contributed by atoms with Gasteiger partial charge in [0.05, 0.1) is 11.2 Å². The second kappa shape index (κ2) is 7.98. The van der Waals surface area contributed by atoms with Gasteiger partial charge in [0.2, 0.25) is 0 Å². The smallest absolute Gasteiger partial charge is 0.266 e. The van der Waals surface area contributed by atoms with Gasteiger partial charge in [0.25, 0.3) is 11.8 Å². The number of hydrogen-bond acceptors (Lipinski definition) is 5. The van der Waals surface area contributed by atoms with Crippen molar-refractivity contribution in [3.63, 3.8) is 0 Å². The van der Waals surface area contributed by atoms with Gasteiger partial charge in [-0.2, -0.15) is 0 Å². The molecule has 0 radical (unpaired) electrons. The molecule has 0 aliphatic heterocycles. The van der Waals surface area contributed by atoms with Crippen molar-refractivity contribution in [1.82, 2.24) is 20.8 Å². The van der Waals surface area contributed by atoms with E-state index in [0.29, 0.717) is 26.1 Å². The molecule has 8 heteroatoms. The van der Waals surface area contributed by atoms with E-state index in [4.69, 9.17) is 11.6 Å². The Balaban J connectivity index is 1.46. The number of para-hydroxylation sites is 1. The SMILES string of the molecule is Cc1nc(-c2ccc(Cl)cc2)sc1C(=O)NNC(=O)c1ccc2ccccc2n1. The molecule has 0 aliphatic rings. The first-order valence-electron chi connectivity index (χ1n) is 8.71. The minimum Gasteiger partial charge on any atom is -0.266 e. The highest BCUT2D eigenvalue weighted by atomic mass is 35.5. The van der Waals surface area contributed by atoms with Gasteiger partial charge in [0.15, 0.2) is 0 Å². The van der Waals surface area contributed by atoms with Gasteiger partial charge < -0.3 is 0 Å². The van der Waals surface area contributed by atoms with Crippen LogP contribution in [0.2, 0.25) is 5.02 Å². The number of amides is 2. The van der Waals surface area contributed by atoms with E-state index in [1.165, 1.54) is 11.3 Å². The molecule has 2 aromatic carbocycles. The van der Waals surface area contributed by atoms with E-state index < -0.39 is 11.8 Å². The average Bonchev–Trinajstić information content (AvgIpc) is 3.13. The first kappa shape index (κ1) is 19.0. The molecule has 0 fully saturated rings. The maximum Gasteiger partial charge on any atom is 0.288 e. The number of thiazole rings is 1. The number of benzene rings is 2. The summed E-state index contributed by atoms with van der Waals surface area (Å²) in [6, 6.07) is 18.1. The van der Waals surface area contributed by atoms with Crippen LogP contribution in [0.25, 0.3) is 21.5 Å². The molecule has 0 bridgehead atoms. The molecule has 0 spiro atoms. The number of halogens is 1. The van der Waals surface area contributed by atoms with Crippen LogP contribution in [-0.2, 0) is 0 Å². The summed E-state index contributed by atoms with van der Waals surface area (Å²) in [7, 11) is 0. The van der Waals surface area contributed by atoms with Crippen molar-refractivity contribution in [2.75, 3.05) is 0 Å². The Morgan fingerprint density at radius 1 is 0.897 bits per heavy atom. The number of aromatic nitrogens is 2. The standard InChI is InChI=1S/C21H15ClN4O2S/c1-12-18(29-21(23-12)14-6-9-15(22)10-7-14)20(28)26-25-19(27)17-11-8-13-4-2-3-5-16(13)24-17/h2-11H,1H3,(H,25,27)(H,26,28). The fraction of sp³-hybridized carbons (Fsp3) is 0.0476. The van der Waals surface area contributed by atoms with Gasteiger partial charge >= 0.3 is 0 Å². The predicted molar refractivity (Wildman–Crippen MR) is 114 cm³/mol. The lowest BCUT2D eigenvalue weighted by Gasteiger charge is -2.07. The second-order valence-electron chi connectivity index (χ2n) is 6.24. The van der Waals surface area contributed by atoms with Crippen molar-refractivity contribution in [1.29, 1.82) is 0 Å². The van der Waals surface area contributed by atoms with E-state index in [1.54, 1.807) is 25.1 Å². The lowest BCUT2D eigenvalue weighted by atomic mass is 10.2. The van der Waals surface area contributed by atoms with E-state index in [0.717, 1.165) is 10.9 Å². The van der Waals surface area contributed by atoms with E-state index in [1.807, 2.05) is 42.5 Å². The van der Waals surface area contributed by atoms with E-state index >= 15 is 0 Å². The molecule has 2 heterocycles. The van der Waals surface area contributed by atoms with Crippen molar-refractivity contribution in [2.24, 2.45) is 0 Å². The minimum absolute atomic E-state index is 0.215. The van der Waals surface area contributed by atoms with Gasteiger partial charge in [0.1, 0.15) is 15.6 Å². The Bertz CT molecular complexity index is 1220. The average molecular weight is 423 g/mol. The van der Waals surface area contributed by atoms with E-state index in [2.05, 4.69) is 20.8 Å².